The molecule has 1 aliphatic heterocycles. The van der Waals surface area contributed by atoms with Crippen molar-refractivity contribution in [3.8, 4) is 0 Å². The molecule has 0 radical (unpaired) electrons. The van der Waals surface area contributed by atoms with Crippen LogP contribution in [0, 0.1) is 13.8 Å². The first kappa shape index (κ1) is 13.9. The number of carbonyl (C=O) groups is 1. The van der Waals surface area contributed by atoms with Crippen LogP contribution in [0.15, 0.2) is 27.3 Å². The van der Waals surface area contributed by atoms with Gasteiger partial charge in [-0.25, -0.2) is 0 Å². The van der Waals surface area contributed by atoms with Crippen molar-refractivity contribution in [1.82, 2.24) is 15.0 Å². The van der Waals surface area contributed by atoms with E-state index in [9.17, 15) is 4.79 Å². The van der Waals surface area contributed by atoms with Gasteiger partial charge in [-0.05, 0) is 19.9 Å². The molecule has 2 aromatic rings. The standard InChI is InChI=1S/C15H19N3O3/c1-11-3-8-20-14(11)15(19)18-6-4-17(5-7-18)10-13-9-12(2)16-21-13/h3,8-9H,4-7,10H2,1-2H3. The minimum Gasteiger partial charge on any atom is -0.459 e. The minimum absolute atomic E-state index is 0.0207. The van der Waals surface area contributed by atoms with Gasteiger partial charge in [-0.2, -0.15) is 0 Å². The number of nitrogens with zero attached hydrogens (tertiary/aromatic N) is 3. The van der Waals surface area contributed by atoms with Gasteiger partial charge in [0.25, 0.3) is 5.91 Å². The monoisotopic (exact) mass is 289 g/mol. The third-order valence-corrected chi connectivity index (χ3v) is 3.77. The van der Waals surface area contributed by atoms with Crippen molar-refractivity contribution in [3.63, 3.8) is 0 Å². The van der Waals surface area contributed by atoms with E-state index < -0.39 is 0 Å². The van der Waals surface area contributed by atoms with Crippen molar-refractivity contribution in [2.75, 3.05) is 26.2 Å². The lowest BCUT2D eigenvalue weighted by atomic mass is 10.2. The molecule has 0 atom stereocenters. The molecule has 3 heterocycles. The zero-order valence-electron chi connectivity index (χ0n) is 12.3. The summed E-state index contributed by atoms with van der Waals surface area (Å²) in [6, 6.07) is 3.76. The highest BCUT2D eigenvalue weighted by Gasteiger charge is 2.25. The van der Waals surface area contributed by atoms with Gasteiger partial charge in [0, 0.05) is 37.8 Å². The topological polar surface area (TPSA) is 62.7 Å². The Balaban J connectivity index is 1.55. The number of furan rings is 1. The van der Waals surface area contributed by atoms with E-state index in [4.69, 9.17) is 8.94 Å². The van der Waals surface area contributed by atoms with E-state index in [-0.39, 0.29) is 5.91 Å². The molecule has 0 bridgehead atoms. The molecule has 1 amide bonds. The van der Waals surface area contributed by atoms with Gasteiger partial charge in [-0.1, -0.05) is 5.16 Å². The zero-order chi connectivity index (χ0) is 14.8. The second-order valence-electron chi connectivity index (χ2n) is 5.44. The number of carbonyl (C=O) groups excluding carboxylic acids is 1. The van der Waals surface area contributed by atoms with Crippen LogP contribution in [0.3, 0.4) is 0 Å². The molecule has 2 aromatic heterocycles. The molecule has 1 aliphatic rings. The van der Waals surface area contributed by atoms with Crippen LogP contribution in [-0.4, -0.2) is 47.0 Å². The van der Waals surface area contributed by atoms with Gasteiger partial charge in [0.15, 0.2) is 11.5 Å². The van der Waals surface area contributed by atoms with Crippen molar-refractivity contribution in [3.05, 3.63) is 41.2 Å². The lowest BCUT2D eigenvalue weighted by Gasteiger charge is -2.33. The Bertz CT molecular complexity index is 624. The molecular weight excluding hydrogens is 270 g/mol. The van der Waals surface area contributed by atoms with Gasteiger partial charge in [0.2, 0.25) is 0 Å². The number of hydrogen-bond donors (Lipinski definition) is 0. The Labute approximate surface area is 123 Å². The summed E-state index contributed by atoms with van der Waals surface area (Å²) in [7, 11) is 0. The number of aromatic nitrogens is 1. The van der Waals surface area contributed by atoms with E-state index in [0.717, 1.165) is 36.7 Å². The molecule has 1 saturated heterocycles. The van der Waals surface area contributed by atoms with Gasteiger partial charge in [0.05, 0.1) is 18.5 Å². The predicted octanol–water partition coefficient (Wildman–Crippen LogP) is 1.84. The molecular formula is C15H19N3O3. The van der Waals surface area contributed by atoms with Crippen LogP contribution >= 0.6 is 0 Å². The highest BCUT2D eigenvalue weighted by molar-refractivity contribution is 5.92. The average Bonchev–Trinajstić information content (AvgIpc) is 3.08. The first-order valence-electron chi connectivity index (χ1n) is 7.11. The van der Waals surface area contributed by atoms with Crippen molar-refractivity contribution < 1.29 is 13.7 Å². The normalized spacial score (nSPS) is 16.4. The van der Waals surface area contributed by atoms with E-state index in [1.165, 1.54) is 0 Å². The van der Waals surface area contributed by atoms with Gasteiger partial charge < -0.3 is 13.8 Å². The van der Waals surface area contributed by atoms with Crippen molar-refractivity contribution >= 4 is 5.91 Å². The van der Waals surface area contributed by atoms with Gasteiger partial charge in [0.1, 0.15) is 0 Å². The van der Waals surface area contributed by atoms with Crippen molar-refractivity contribution in [2.45, 2.75) is 20.4 Å². The molecule has 21 heavy (non-hydrogen) atoms. The Morgan fingerprint density at radius 1 is 1.29 bits per heavy atom. The highest BCUT2D eigenvalue weighted by atomic mass is 16.5. The third kappa shape index (κ3) is 3.00. The van der Waals surface area contributed by atoms with Crippen LogP contribution < -0.4 is 0 Å². The summed E-state index contributed by atoms with van der Waals surface area (Å²) in [5.41, 5.74) is 1.78. The molecule has 6 heteroatoms. The summed E-state index contributed by atoms with van der Waals surface area (Å²) in [6.07, 6.45) is 1.56. The lowest BCUT2D eigenvalue weighted by molar-refractivity contribution is 0.0586. The largest absolute Gasteiger partial charge is 0.459 e. The Kier molecular flexibility index (Phi) is 3.79. The maximum atomic E-state index is 12.3. The fourth-order valence-corrected chi connectivity index (χ4v) is 2.56. The summed E-state index contributed by atoms with van der Waals surface area (Å²) in [5, 5.41) is 3.89. The van der Waals surface area contributed by atoms with E-state index in [0.29, 0.717) is 18.8 Å². The van der Waals surface area contributed by atoms with E-state index in [2.05, 4.69) is 10.1 Å². The molecule has 3 rings (SSSR count). The Morgan fingerprint density at radius 2 is 2.05 bits per heavy atom. The van der Waals surface area contributed by atoms with E-state index in [1.807, 2.05) is 30.9 Å². The molecule has 0 spiro atoms. The number of amides is 1. The second-order valence-corrected chi connectivity index (χ2v) is 5.44. The minimum atomic E-state index is -0.0207. The third-order valence-electron chi connectivity index (χ3n) is 3.77. The molecule has 0 saturated carbocycles. The molecule has 0 aromatic carbocycles. The quantitative estimate of drug-likeness (QED) is 0.862. The fourth-order valence-electron chi connectivity index (χ4n) is 2.56. The second kappa shape index (κ2) is 5.73. The summed E-state index contributed by atoms with van der Waals surface area (Å²) in [6.45, 7) is 7.59. The molecule has 6 nitrogen and oxygen atoms in total. The summed E-state index contributed by atoms with van der Waals surface area (Å²) >= 11 is 0. The molecule has 0 N–H and O–H groups in total. The van der Waals surface area contributed by atoms with Crippen LogP contribution in [-0.2, 0) is 6.54 Å². The van der Waals surface area contributed by atoms with Crippen LogP contribution in [0.25, 0.3) is 0 Å². The Morgan fingerprint density at radius 3 is 2.62 bits per heavy atom. The fraction of sp³-hybridized carbons (Fsp3) is 0.467. The van der Waals surface area contributed by atoms with Crippen LogP contribution in [0.5, 0.6) is 0 Å². The van der Waals surface area contributed by atoms with Gasteiger partial charge >= 0.3 is 0 Å². The predicted molar refractivity (Wildman–Crippen MR) is 75.9 cm³/mol. The first-order chi connectivity index (χ1) is 10.1. The first-order valence-corrected chi connectivity index (χ1v) is 7.11. The molecule has 0 aliphatic carbocycles. The maximum absolute atomic E-state index is 12.3. The summed E-state index contributed by atoms with van der Waals surface area (Å²) < 4.78 is 10.5. The number of rotatable bonds is 3. The van der Waals surface area contributed by atoms with Crippen LogP contribution in [0.2, 0.25) is 0 Å². The SMILES string of the molecule is Cc1cc(CN2CCN(C(=O)c3occc3C)CC2)on1. The number of piperazine rings is 1. The summed E-state index contributed by atoms with van der Waals surface area (Å²) in [5.74, 6) is 1.30. The number of aryl methyl sites for hydroxylation is 2. The van der Waals surface area contributed by atoms with E-state index in [1.54, 1.807) is 6.26 Å². The van der Waals surface area contributed by atoms with E-state index >= 15 is 0 Å². The van der Waals surface area contributed by atoms with Crippen molar-refractivity contribution in [2.24, 2.45) is 0 Å². The van der Waals surface area contributed by atoms with Gasteiger partial charge in [-0.15, -0.1) is 0 Å². The molecule has 1 fully saturated rings. The zero-order valence-corrected chi connectivity index (χ0v) is 12.3. The summed E-state index contributed by atoms with van der Waals surface area (Å²) in [4.78, 5) is 16.4. The van der Waals surface area contributed by atoms with Crippen LogP contribution in [0.1, 0.15) is 27.6 Å². The lowest BCUT2D eigenvalue weighted by Crippen LogP contribution is -2.48. The Hall–Kier alpha value is -2.08. The molecule has 112 valence electrons. The van der Waals surface area contributed by atoms with Crippen LogP contribution in [0.4, 0.5) is 0 Å². The smallest absolute Gasteiger partial charge is 0.289 e. The number of hydrogen-bond acceptors (Lipinski definition) is 5. The van der Waals surface area contributed by atoms with Gasteiger partial charge in [-0.3, -0.25) is 9.69 Å². The highest BCUT2D eigenvalue weighted by Crippen LogP contribution is 2.15. The maximum Gasteiger partial charge on any atom is 0.289 e. The average molecular weight is 289 g/mol. The molecule has 0 unspecified atom stereocenters. The van der Waals surface area contributed by atoms with Crippen molar-refractivity contribution in [1.29, 1.82) is 0 Å².